The first-order chi connectivity index (χ1) is 16.6. The van der Waals surface area contributed by atoms with Gasteiger partial charge in [-0.05, 0) is 62.2 Å². The fraction of sp³-hybridized carbons (Fsp3) is 0.333. The number of fused-ring (bicyclic) bond motifs is 1. The van der Waals surface area contributed by atoms with E-state index in [9.17, 15) is 4.79 Å². The minimum Gasteiger partial charge on any atom is -0.497 e. The summed E-state index contributed by atoms with van der Waals surface area (Å²) in [6.07, 6.45) is 1.65. The average Bonchev–Trinajstić information content (AvgIpc) is 3.51. The number of thiazole rings is 1. The van der Waals surface area contributed by atoms with Gasteiger partial charge in [0.05, 0.1) is 29.9 Å². The van der Waals surface area contributed by atoms with E-state index < -0.39 is 0 Å². The molecule has 1 amide bonds. The monoisotopic (exact) mass is 479 g/mol. The van der Waals surface area contributed by atoms with Crippen LogP contribution in [0.15, 0.2) is 47.0 Å². The van der Waals surface area contributed by atoms with Crippen LogP contribution >= 0.6 is 11.3 Å². The van der Waals surface area contributed by atoms with E-state index in [-0.39, 0.29) is 11.8 Å². The number of methoxy groups -OCH3 is 1. The number of hydrogen-bond acceptors (Lipinski definition) is 9. The van der Waals surface area contributed by atoms with Crippen molar-refractivity contribution in [3.63, 3.8) is 0 Å². The number of anilines is 2. The van der Waals surface area contributed by atoms with Crippen LogP contribution in [0.5, 0.6) is 11.5 Å². The van der Waals surface area contributed by atoms with Gasteiger partial charge in [0.25, 0.3) is 0 Å². The van der Waals surface area contributed by atoms with Crippen LogP contribution in [0.3, 0.4) is 0 Å². The zero-order valence-electron chi connectivity index (χ0n) is 19.0. The van der Waals surface area contributed by atoms with Gasteiger partial charge >= 0.3 is 6.01 Å². The Bertz CT molecular complexity index is 1290. The lowest BCUT2D eigenvalue weighted by Crippen LogP contribution is -2.41. The fourth-order valence-corrected chi connectivity index (χ4v) is 4.89. The van der Waals surface area contributed by atoms with E-state index in [1.54, 1.807) is 7.11 Å². The summed E-state index contributed by atoms with van der Waals surface area (Å²) in [5.74, 6) is 1.82. The van der Waals surface area contributed by atoms with Crippen molar-refractivity contribution in [2.75, 3.05) is 37.0 Å². The first-order valence-corrected chi connectivity index (χ1v) is 12.0. The lowest BCUT2D eigenvalue weighted by Gasteiger charge is -2.30. The number of carbonyl (C=O) groups excluding carboxylic acids is 1. The summed E-state index contributed by atoms with van der Waals surface area (Å²) < 4.78 is 17.2. The number of aromatic nitrogens is 3. The Morgan fingerprint density at radius 2 is 2.03 bits per heavy atom. The minimum atomic E-state index is -0.198. The molecule has 1 aliphatic rings. The second-order valence-corrected chi connectivity index (χ2v) is 9.02. The molecule has 34 heavy (non-hydrogen) atoms. The Kier molecular flexibility index (Phi) is 6.31. The number of carbonyl (C=O) groups is 1. The molecule has 176 valence electrons. The highest BCUT2D eigenvalue weighted by Crippen LogP contribution is 2.31. The number of nitrogens with one attached hydrogen (secondary N) is 1. The summed E-state index contributed by atoms with van der Waals surface area (Å²) >= 11 is 1.44. The van der Waals surface area contributed by atoms with E-state index in [0.29, 0.717) is 30.1 Å². The highest BCUT2D eigenvalue weighted by Gasteiger charge is 2.29. The molecule has 3 heterocycles. The smallest absolute Gasteiger partial charge is 0.324 e. The normalized spacial score (nSPS) is 15.9. The van der Waals surface area contributed by atoms with E-state index in [1.165, 1.54) is 11.3 Å². The third-order valence-corrected chi connectivity index (χ3v) is 6.66. The standard InChI is InChI=1S/C24H25N5O4S/c1-3-32-18-10-11-19-20(13-18)34-23(25-19)27-22(30)16-5-4-12-29(14-16)24-26-21(28-33-24)15-6-8-17(31-2)9-7-15/h6-11,13,16H,3-5,12,14H2,1-2H3,(H,25,27,30). The molecule has 2 aromatic carbocycles. The quantitative estimate of drug-likeness (QED) is 0.410. The van der Waals surface area contributed by atoms with Gasteiger partial charge < -0.3 is 24.2 Å². The third kappa shape index (κ3) is 4.67. The summed E-state index contributed by atoms with van der Waals surface area (Å²) in [5, 5.41) is 7.69. The molecule has 4 aromatic rings. The summed E-state index contributed by atoms with van der Waals surface area (Å²) in [5.41, 5.74) is 1.68. The predicted molar refractivity (Wildman–Crippen MR) is 131 cm³/mol. The van der Waals surface area contributed by atoms with E-state index in [1.807, 2.05) is 54.3 Å². The summed E-state index contributed by atoms with van der Waals surface area (Å²) in [6.45, 7) is 3.82. The highest BCUT2D eigenvalue weighted by atomic mass is 32.1. The SMILES string of the molecule is CCOc1ccc2nc(NC(=O)C3CCCN(c4nc(-c5ccc(OC)cc5)no4)C3)sc2c1. The van der Waals surface area contributed by atoms with Gasteiger partial charge in [0.1, 0.15) is 11.5 Å². The Morgan fingerprint density at radius 1 is 1.21 bits per heavy atom. The van der Waals surface area contributed by atoms with Gasteiger partial charge in [-0.2, -0.15) is 4.98 Å². The molecule has 0 bridgehead atoms. The molecule has 0 spiro atoms. The van der Waals surface area contributed by atoms with Gasteiger partial charge in [-0.25, -0.2) is 4.98 Å². The molecule has 10 heteroatoms. The van der Waals surface area contributed by atoms with Crippen molar-refractivity contribution in [3.8, 4) is 22.9 Å². The molecule has 1 aliphatic heterocycles. The first-order valence-electron chi connectivity index (χ1n) is 11.2. The maximum absolute atomic E-state index is 13.0. The second-order valence-electron chi connectivity index (χ2n) is 7.99. The van der Waals surface area contributed by atoms with E-state index in [0.717, 1.165) is 46.7 Å². The number of rotatable bonds is 7. The summed E-state index contributed by atoms with van der Waals surface area (Å²) in [4.78, 5) is 24.1. The molecule has 5 rings (SSSR count). The van der Waals surface area contributed by atoms with Crippen molar-refractivity contribution in [2.45, 2.75) is 19.8 Å². The summed E-state index contributed by atoms with van der Waals surface area (Å²) in [7, 11) is 1.62. The largest absolute Gasteiger partial charge is 0.497 e. The first kappa shape index (κ1) is 22.1. The number of nitrogens with zero attached hydrogens (tertiary/aromatic N) is 4. The van der Waals surface area contributed by atoms with Crippen molar-refractivity contribution in [3.05, 3.63) is 42.5 Å². The van der Waals surface area contributed by atoms with Crippen LogP contribution in [0, 0.1) is 5.92 Å². The number of amides is 1. The van der Waals surface area contributed by atoms with Gasteiger partial charge in [-0.15, -0.1) is 0 Å². The topological polar surface area (TPSA) is 103 Å². The molecule has 1 saturated heterocycles. The highest BCUT2D eigenvalue weighted by molar-refractivity contribution is 7.22. The Labute approximate surface area is 200 Å². The van der Waals surface area contributed by atoms with Gasteiger partial charge in [-0.1, -0.05) is 16.5 Å². The molecule has 9 nitrogen and oxygen atoms in total. The molecule has 0 saturated carbocycles. The third-order valence-electron chi connectivity index (χ3n) is 5.73. The lowest BCUT2D eigenvalue weighted by atomic mass is 9.97. The predicted octanol–water partition coefficient (Wildman–Crippen LogP) is 4.61. The van der Waals surface area contributed by atoms with Gasteiger partial charge in [0, 0.05) is 18.7 Å². The molecular formula is C24H25N5O4S. The van der Waals surface area contributed by atoms with Crippen LogP contribution < -0.4 is 19.7 Å². The fourth-order valence-electron chi connectivity index (χ4n) is 3.99. The average molecular weight is 480 g/mol. The maximum atomic E-state index is 13.0. The minimum absolute atomic E-state index is 0.0521. The van der Waals surface area contributed by atoms with Crippen molar-refractivity contribution >= 4 is 38.6 Å². The maximum Gasteiger partial charge on any atom is 0.324 e. The van der Waals surface area contributed by atoms with Crippen molar-refractivity contribution in [1.82, 2.24) is 15.1 Å². The second kappa shape index (κ2) is 9.68. The van der Waals surface area contributed by atoms with Crippen molar-refractivity contribution < 1.29 is 18.8 Å². The molecule has 0 aliphatic carbocycles. The zero-order chi connectivity index (χ0) is 23.5. The van der Waals surface area contributed by atoms with Crippen LogP contribution in [0.4, 0.5) is 11.1 Å². The Morgan fingerprint density at radius 3 is 2.82 bits per heavy atom. The number of benzene rings is 2. The van der Waals surface area contributed by atoms with Crippen LogP contribution in [0.2, 0.25) is 0 Å². The zero-order valence-corrected chi connectivity index (χ0v) is 19.8. The van der Waals surface area contributed by atoms with Crippen molar-refractivity contribution in [1.29, 1.82) is 0 Å². The molecule has 1 unspecified atom stereocenters. The molecule has 1 N–H and O–H groups in total. The van der Waals surface area contributed by atoms with Crippen LogP contribution in [0.25, 0.3) is 21.6 Å². The number of ether oxygens (including phenoxy) is 2. The Hall–Kier alpha value is -3.66. The van der Waals surface area contributed by atoms with Crippen LogP contribution in [0.1, 0.15) is 19.8 Å². The van der Waals surface area contributed by atoms with Crippen LogP contribution in [-0.4, -0.2) is 47.8 Å². The molecule has 0 radical (unpaired) electrons. The molecule has 2 aromatic heterocycles. The number of hydrogen-bond donors (Lipinski definition) is 1. The van der Waals surface area contributed by atoms with Gasteiger partial charge in [0.15, 0.2) is 5.13 Å². The summed E-state index contributed by atoms with van der Waals surface area (Å²) in [6, 6.07) is 13.6. The van der Waals surface area contributed by atoms with E-state index >= 15 is 0 Å². The molecule has 1 atom stereocenters. The Balaban J connectivity index is 1.25. The number of piperidine rings is 1. The molecular weight excluding hydrogens is 454 g/mol. The molecule has 1 fully saturated rings. The van der Waals surface area contributed by atoms with E-state index in [2.05, 4.69) is 20.4 Å². The lowest BCUT2D eigenvalue weighted by molar-refractivity contribution is -0.120. The van der Waals surface area contributed by atoms with Gasteiger partial charge in [-0.3, -0.25) is 4.79 Å². The van der Waals surface area contributed by atoms with Crippen LogP contribution in [-0.2, 0) is 4.79 Å². The van der Waals surface area contributed by atoms with Crippen molar-refractivity contribution in [2.24, 2.45) is 5.92 Å². The van der Waals surface area contributed by atoms with E-state index in [4.69, 9.17) is 14.0 Å². The van der Waals surface area contributed by atoms with Gasteiger partial charge in [0.2, 0.25) is 11.7 Å².